The fourth-order valence-electron chi connectivity index (χ4n) is 2.15. The maximum absolute atomic E-state index is 6.20. The second-order valence-electron chi connectivity index (χ2n) is 4.89. The maximum Gasteiger partial charge on any atom is 0.119 e. The van der Waals surface area contributed by atoms with Gasteiger partial charge in [-0.1, -0.05) is 39.7 Å². The van der Waals surface area contributed by atoms with E-state index in [4.69, 9.17) is 22.2 Å². The molecule has 0 aromatic heterocycles. The van der Waals surface area contributed by atoms with Gasteiger partial charge >= 0.3 is 0 Å². The molecule has 1 unspecified atom stereocenters. The molecule has 2 aromatic rings. The highest BCUT2D eigenvalue weighted by Crippen LogP contribution is 2.28. The molecule has 0 bridgehead atoms. The molecule has 3 N–H and O–H groups in total. The minimum Gasteiger partial charge on any atom is -0.497 e. The van der Waals surface area contributed by atoms with Gasteiger partial charge in [0.15, 0.2) is 0 Å². The molecular weight excluding hydrogens is 352 g/mol. The van der Waals surface area contributed by atoms with Gasteiger partial charge in [0.05, 0.1) is 13.2 Å². The van der Waals surface area contributed by atoms with Crippen molar-refractivity contribution in [2.24, 2.45) is 5.84 Å². The summed E-state index contributed by atoms with van der Waals surface area (Å²) in [4.78, 5) is 0. The van der Waals surface area contributed by atoms with Gasteiger partial charge in [0.1, 0.15) is 5.75 Å². The Morgan fingerprint density at radius 2 is 2.05 bits per heavy atom. The molecule has 5 heteroatoms. The second-order valence-corrected chi connectivity index (χ2v) is 6.15. The molecule has 3 nitrogen and oxygen atoms in total. The van der Waals surface area contributed by atoms with Gasteiger partial charge in [-0.05, 0) is 54.3 Å². The zero-order valence-corrected chi connectivity index (χ0v) is 14.3. The number of halogens is 2. The van der Waals surface area contributed by atoms with Crippen LogP contribution in [0.1, 0.15) is 22.7 Å². The maximum atomic E-state index is 6.20. The van der Waals surface area contributed by atoms with Crippen molar-refractivity contribution in [2.45, 2.75) is 19.4 Å². The Hall–Kier alpha value is -1.07. The Bertz CT molecular complexity index is 634. The average Bonchev–Trinajstić information content (AvgIpc) is 2.49. The van der Waals surface area contributed by atoms with Crippen LogP contribution in [0.25, 0.3) is 0 Å². The zero-order valence-electron chi connectivity index (χ0n) is 12.0. The number of aryl methyl sites for hydroxylation is 1. The SMILES string of the molecule is COc1ccc(Br)c(CC(NN)c2ccc(C)c(Cl)c2)c1. The van der Waals surface area contributed by atoms with E-state index in [0.717, 1.165) is 38.4 Å². The van der Waals surface area contributed by atoms with E-state index in [1.165, 1.54) is 0 Å². The van der Waals surface area contributed by atoms with E-state index in [1.54, 1.807) is 7.11 Å². The minimum atomic E-state index is -0.0218. The molecule has 0 heterocycles. The summed E-state index contributed by atoms with van der Waals surface area (Å²) in [5.74, 6) is 6.55. The molecule has 0 fully saturated rings. The number of hydrazine groups is 1. The van der Waals surface area contributed by atoms with Crippen molar-refractivity contribution in [1.82, 2.24) is 5.43 Å². The van der Waals surface area contributed by atoms with Crippen LogP contribution in [0.4, 0.5) is 0 Å². The van der Waals surface area contributed by atoms with Crippen LogP contribution in [0.15, 0.2) is 40.9 Å². The van der Waals surface area contributed by atoms with Crippen molar-refractivity contribution >= 4 is 27.5 Å². The van der Waals surface area contributed by atoms with E-state index in [0.29, 0.717) is 0 Å². The molecule has 0 saturated heterocycles. The number of hydrogen-bond donors (Lipinski definition) is 2. The van der Waals surface area contributed by atoms with Crippen molar-refractivity contribution in [3.8, 4) is 5.75 Å². The third-order valence-electron chi connectivity index (χ3n) is 3.48. The van der Waals surface area contributed by atoms with Gasteiger partial charge < -0.3 is 4.74 Å². The molecule has 0 amide bonds. The third-order valence-corrected chi connectivity index (χ3v) is 4.66. The zero-order chi connectivity index (χ0) is 15.4. The number of hydrogen-bond acceptors (Lipinski definition) is 3. The van der Waals surface area contributed by atoms with E-state index in [9.17, 15) is 0 Å². The summed E-state index contributed by atoms with van der Waals surface area (Å²) in [5, 5.41) is 0.748. The van der Waals surface area contributed by atoms with Gasteiger partial charge in [-0.25, -0.2) is 0 Å². The summed E-state index contributed by atoms with van der Waals surface area (Å²) in [5.41, 5.74) is 6.09. The number of nitrogens with two attached hydrogens (primary N) is 1. The normalized spacial score (nSPS) is 12.2. The third kappa shape index (κ3) is 3.98. The van der Waals surface area contributed by atoms with Crippen molar-refractivity contribution in [2.75, 3.05) is 7.11 Å². The topological polar surface area (TPSA) is 47.3 Å². The molecule has 0 spiro atoms. The first-order valence-corrected chi connectivity index (χ1v) is 7.77. The lowest BCUT2D eigenvalue weighted by Crippen LogP contribution is -2.29. The van der Waals surface area contributed by atoms with Crippen molar-refractivity contribution in [3.63, 3.8) is 0 Å². The molecule has 112 valence electrons. The first kappa shape index (κ1) is 16.3. The first-order valence-electron chi connectivity index (χ1n) is 6.59. The largest absolute Gasteiger partial charge is 0.497 e. The molecule has 0 aliphatic carbocycles. The van der Waals surface area contributed by atoms with E-state index >= 15 is 0 Å². The predicted molar refractivity (Wildman–Crippen MR) is 90.7 cm³/mol. The summed E-state index contributed by atoms with van der Waals surface area (Å²) in [6.45, 7) is 1.98. The minimum absolute atomic E-state index is 0.0218. The molecule has 0 radical (unpaired) electrons. The highest BCUT2D eigenvalue weighted by atomic mass is 79.9. The lowest BCUT2D eigenvalue weighted by molar-refractivity contribution is 0.413. The van der Waals surface area contributed by atoms with E-state index in [-0.39, 0.29) is 6.04 Å². The van der Waals surface area contributed by atoms with Gasteiger partial charge in [-0.2, -0.15) is 0 Å². The van der Waals surface area contributed by atoms with E-state index in [2.05, 4.69) is 21.4 Å². The number of methoxy groups -OCH3 is 1. The van der Waals surface area contributed by atoms with Crippen LogP contribution >= 0.6 is 27.5 Å². The van der Waals surface area contributed by atoms with Gasteiger partial charge in [-0.3, -0.25) is 11.3 Å². The fourth-order valence-corrected chi connectivity index (χ4v) is 2.75. The van der Waals surface area contributed by atoms with Gasteiger partial charge in [0.2, 0.25) is 0 Å². The predicted octanol–water partition coefficient (Wildman–Crippen LogP) is 4.17. The van der Waals surface area contributed by atoms with Crippen molar-refractivity contribution in [3.05, 3.63) is 62.6 Å². The van der Waals surface area contributed by atoms with Crippen LogP contribution in [-0.2, 0) is 6.42 Å². The Balaban J connectivity index is 2.28. The van der Waals surface area contributed by atoms with Crippen molar-refractivity contribution in [1.29, 1.82) is 0 Å². The molecule has 2 rings (SSSR count). The van der Waals surface area contributed by atoms with Crippen LogP contribution in [0, 0.1) is 6.92 Å². The van der Waals surface area contributed by atoms with Crippen molar-refractivity contribution < 1.29 is 4.74 Å². The molecule has 0 saturated carbocycles. The second kappa shape index (κ2) is 7.27. The number of benzene rings is 2. The molecule has 2 aromatic carbocycles. The highest BCUT2D eigenvalue weighted by molar-refractivity contribution is 9.10. The summed E-state index contributed by atoms with van der Waals surface area (Å²) in [6, 6.07) is 11.9. The Morgan fingerprint density at radius 3 is 2.67 bits per heavy atom. The highest BCUT2D eigenvalue weighted by Gasteiger charge is 2.14. The Morgan fingerprint density at radius 1 is 1.29 bits per heavy atom. The number of ether oxygens (including phenoxy) is 1. The van der Waals surface area contributed by atoms with E-state index < -0.39 is 0 Å². The fraction of sp³-hybridized carbons (Fsp3) is 0.250. The van der Waals surface area contributed by atoms with Crippen LogP contribution in [0.3, 0.4) is 0 Å². The van der Waals surface area contributed by atoms with E-state index in [1.807, 2.05) is 43.3 Å². The average molecular weight is 370 g/mol. The molecule has 1 atom stereocenters. The van der Waals surface area contributed by atoms with Gasteiger partial charge in [0, 0.05) is 9.50 Å². The quantitative estimate of drug-likeness (QED) is 0.614. The molecular formula is C16H18BrClN2O. The molecule has 0 aliphatic heterocycles. The van der Waals surface area contributed by atoms with Gasteiger partial charge in [0.25, 0.3) is 0 Å². The van der Waals surface area contributed by atoms with Gasteiger partial charge in [-0.15, -0.1) is 0 Å². The monoisotopic (exact) mass is 368 g/mol. The molecule has 0 aliphatic rings. The Kier molecular flexibility index (Phi) is 5.65. The van der Waals surface area contributed by atoms with Crippen LogP contribution in [0.5, 0.6) is 5.75 Å². The molecule has 21 heavy (non-hydrogen) atoms. The first-order chi connectivity index (χ1) is 10.0. The smallest absolute Gasteiger partial charge is 0.119 e. The number of nitrogens with one attached hydrogen (secondary N) is 1. The van der Waals surface area contributed by atoms with Crippen LogP contribution in [-0.4, -0.2) is 7.11 Å². The lowest BCUT2D eigenvalue weighted by Gasteiger charge is -2.18. The summed E-state index contributed by atoms with van der Waals surface area (Å²) >= 11 is 9.76. The summed E-state index contributed by atoms with van der Waals surface area (Å²) in [6.07, 6.45) is 0.730. The lowest BCUT2D eigenvalue weighted by atomic mass is 9.98. The Labute approximate surface area is 138 Å². The van der Waals surface area contributed by atoms with Crippen LogP contribution in [0.2, 0.25) is 5.02 Å². The summed E-state index contributed by atoms with van der Waals surface area (Å²) < 4.78 is 6.30. The standard InChI is InChI=1S/C16H18BrClN2O/c1-10-3-4-11(8-15(10)18)16(20-19)9-12-7-13(21-2)5-6-14(12)17/h3-8,16,20H,9,19H2,1-2H3. The summed E-state index contributed by atoms with van der Waals surface area (Å²) in [7, 11) is 1.66. The van der Waals surface area contributed by atoms with Crippen LogP contribution < -0.4 is 16.0 Å². The number of rotatable bonds is 5.